The monoisotopic (exact) mass is 2090 g/mol. The third-order valence-electron chi connectivity index (χ3n) is 20.5. The fourth-order valence-electron chi connectivity index (χ4n) is 14.1. The molecule has 6 aromatic heterocycles. The lowest BCUT2D eigenvalue weighted by Gasteiger charge is -2.28. The Morgan fingerprint density at radius 1 is 0.445 bits per heavy atom. The zero-order valence-electron chi connectivity index (χ0n) is 71.5. The highest BCUT2D eigenvalue weighted by atomic mass is 32.2. The molecule has 712 valence electrons. The summed E-state index contributed by atoms with van der Waals surface area (Å²) in [7, 11) is -4.34. The largest absolute Gasteiger partial charge is 0.537 e. The molecule has 6 atom stereocenters. The number of nitrogens with one attached hydrogen (secondary N) is 1. The number of nitrogens with two attached hydrogens (primary N) is 1. The summed E-state index contributed by atoms with van der Waals surface area (Å²) in [6.07, 6.45) is -0.0339. The van der Waals surface area contributed by atoms with Crippen molar-refractivity contribution in [2.24, 2.45) is 0 Å². The maximum Gasteiger partial charge on any atom is 0.537 e. The van der Waals surface area contributed by atoms with Crippen LogP contribution in [-0.4, -0.2) is 251 Å². The van der Waals surface area contributed by atoms with Gasteiger partial charge >= 0.3 is 84.7 Å². The zero-order valence-corrected chi connectivity index (χ0v) is 80.5. The van der Waals surface area contributed by atoms with Crippen LogP contribution in [0.25, 0.3) is 0 Å². The van der Waals surface area contributed by atoms with Gasteiger partial charge < -0.3 is 109 Å². The standard InChI is InChI=1S/C14H13BN2O5S2.C13H12BF3N4O5S.C13H13BN2O4S2.C12H11BN2O5S2.2C12H11BN2O4S2/c1-7-2-3-8-4-9(15(21)22-12(8)11(7)13(19)20)24-14-17-10(5-23-14)16-6-18;1-25-6-3-2-5-4-7(14(24)26-9(5)8(6)10(22)23)27-12-20-19-11(21(12)18)13(15,16)17;1-6-3-4-8-5-9(22-13-16-15-7(2)21-13)14(19)20-11(8)10(6)12(17)18;1-19-7-3-2-6-4-8(21-9-5-14-15-22-9)13(18)20-11(6)10(7)12(16)17;2*1-6-2-3-7-4-8(21-12-15-14-5-20-12)13(18)19-10(7)9(6)11(16)17/h2-3,5-6,9,21H,4H2,1H3,(H,16,18)(H,19,20);2-3,7,24H,4,18H2,1H3,(H,22,23);3-4,9,19H,5H2,1-2H3,(H,17,18);2-3,5,8,18H,4H2,1H3,(H,16,17);2*2-3,5,8,18H,4H2,1H3,(H,16,17)/t9-;7-;9-;3*8-/m000000/s1. The molecule has 6 aliphatic rings. The Morgan fingerprint density at radius 2 is 0.781 bits per heavy atom. The smallest absolute Gasteiger partial charge is 0.535 e. The van der Waals surface area contributed by atoms with Crippen LogP contribution in [0.3, 0.4) is 0 Å². The number of fused-ring (bicyclic) bond motifs is 6. The topological polar surface area (TPSA) is 621 Å². The molecule has 18 rings (SSSR count). The summed E-state index contributed by atoms with van der Waals surface area (Å²) in [6, 6.07) is 20.7. The number of nitrogens with zero attached hydrogens (tertiary/aromatic N) is 12. The Morgan fingerprint density at radius 3 is 1.08 bits per heavy atom. The molecule has 0 fully saturated rings. The number of thiazole rings is 1. The van der Waals surface area contributed by atoms with Crippen molar-refractivity contribution in [3.63, 3.8) is 0 Å². The average Bonchev–Trinajstić information content (AvgIpc) is 1.76. The third-order valence-corrected chi connectivity index (χ3v) is 32.1. The second-order valence-electron chi connectivity index (χ2n) is 29.5. The van der Waals surface area contributed by atoms with E-state index in [0.717, 1.165) is 61.8 Å². The Balaban J connectivity index is 0.000000139. The van der Waals surface area contributed by atoms with E-state index in [-0.39, 0.29) is 121 Å². The highest BCUT2D eigenvalue weighted by Gasteiger charge is 2.47. The van der Waals surface area contributed by atoms with Crippen molar-refractivity contribution in [1.82, 2.24) is 60.0 Å². The lowest BCUT2D eigenvalue weighted by molar-refractivity contribution is -0.146. The first-order chi connectivity index (χ1) is 65.3. The summed E-state index contributed by atoms with van der Waals surface area (Å²) in [5.74, 6) is -0.832. The van der Waals surface area contributed by atoms with Gasteiger partial charge in [0.15, 0.2) is 17.4 Å². The molecule has 12 aromatic rings. The van der Waals surface area contributed by atoms with Crippen molar-refractivity contribution in [2.45, 2.75) is 137 Å². The van der Waals surface area contributed by atoms with Crippen molar-refractivity contribution < 1.29 is 145 Å². The van der Waals surface area contributed by atoms with Gasteiger partial charge in [-0.25, -0.2) is 38.4 Å². The van der Waals surface area contributed by atoms with Gasteiger partial charge in [0.25, 0.3) is 5.82 Å². The number of carbonyl (C=O) groups excluding carboxylic acids is 1. The van der Waals surface area contributed by atoms with Crippen LogP contribution in [0.4, 0.5) is 19.0 Å². The van der Waals surface area contributed by atoms with Crippen molar-refractivity contribution in [2.75, 3.05) is 25.4 Å². The summed E-state index contributed by atoms with van der Waals surface area (Å²) in [6.45, 7) is 8.69. The second-order valence-corrected chi connectivity index (χ2v) is 42.6. The van der Waals surface area contributed by atoms with Crippen LogP contribution in [0.15, 0.2) is 122 Å². The van der Waals surface area contributed by atoms with Crippen LogP contribution in [0.5, 0.6) is 46.0 Å². The van der Waals surface area contributed by atoms with Crippen LogP contribution in [0, 0.1) is 34.6 Å². The van der Waals surface area contributed by atoms with E-state index in [4.69, 9.17) is 43.2 Å². The number of hydrogen-bond donors (Lipinski definition) is 14. The van der Waals surface area contributed by atoms with Gasteiger partial charge in [-0.2, -0.15) is 13.2 Å². The van der Waals surface area contributed by atoms with E-state index in [9.17, 15) is 108 Å². The molecule has 0 unspecified atom stereocenters. The molecule has 137 heavy (non-hydrogen) atoms. The molecular formula is C76H71B6F3N14O27S11. The first-order valence-corrected chi connectivity index (χ1v) is 49.2. The van der Waals surface area contributed by atoms with E-state index in [2.05, 4.69) is 60.7 Å². The average molecular weight is 2090 g/mol. The first-order valence-electron chi connectivity index (χ1n) is 39.7. The Hall–Kier alpha value is -11.1. The molecule has 0 bridgehead atoms. The number of rotatable bonds is 22. The maximum absolute atomic E-state index is 12.8. The molecule has 0 saturated carbocycles. The molecule has 6 aliphatic heterocycles. The maximum atomic E-state index is 12.8. The summed E-state index contributed by atoms with van der Waals surface area (Å²) < 4.78 is 88.9. The fraction of sp³-hybridized carbons (Fsp3) is 0.263. The van der Waals surface area contributed by atoms with Crippen LogP contribution < -0.4 is 48.6 Å². The molecular weight excluding hydrogens is 2020 g/mol. The summed E-state index contributed by atoms with van der Waals surface area (Å²) in [5, 5.41) is 153. The number of hydrogen-bond acceptors (Lipinski definition) is 44. The van der Waals surface area contributed by atoms with Crippen LogP contribution in [-0.2, 0) is 49.5 Å². The lowest BCUT2D eigenvalue weighted by atomic mass is 9.77. The normalized spacial score (nSPS) is 16.8. The molecule has 0 saturated heterocycles. The molecule has 0 radical (unpaired) electrons. The van der Waals surface area contributed by atoms with Gasteiger partial charge in [-0.05, 0) is 152 Å². The number of amides is 1. The molecule has 0 spiro atoms. The zero-order chi connectivity index (χ0) is 98.7. The van der Waals surface area contributed by atoms with E-state index >= 15 is 0 Å². The number of methoxy groups -OCH3 is 2. The highest BCUT2D eigenvalue weighted by Crippen LogP contribution is 2.47. The minimum absolute atomic E-state index is 0.0519. The number of aromatic nitrogens is 12. The number of nitrogen functional groups attached to an aromatic ring is 1. The van der Waals surface area contributed by atoms with Gasteiger partial charge in [0.2, 0.25) is 11.6 Å². The number of halogens is 3. The van der Waals surface area contributed by atoms with Crippen LogP contribution >= 0.6 is 127 Å². The van der Waals surface area contributed by atoms with Crippen LogP contribution in [0.2, 0.25) is 0 Å². The molecule has 1 amide bonds. The van der Waals surface area contributed by atoms with Gasteiger partial charge in [0.05, 0.1) is 51.3 Å². The Labute approximate surface area is 820 Å². The number of thioether (sulfide) groups is 6. The number of carbonyl (C=O) groups is 7. The van der Waals surface area contributed by atoms with Gasteiger partial charge in [0.1, 0.15) is 105 Å². The van der Waals surface area contributed by atoms with Crippen LogP contribution in [0.1, 0.15) is 129 Å². The van der Waals surface area contributed by atoms with E-state index < -0.39 is 95.7 Å². The molecule has 61 heteroatoms. The van der Waals surface area contributed by atoms with Crippen molar-refractivity contribution >= 4 is 218 Å². The number of ether oxygens (including phenoxy) is 2. The molecule has 15 N–H and O–H groups in total. The fourth-order valence-corrected chi connectivity index (χ4v) is 24.6. The number of aromatic carboxylic acids is 6. The third kappa shape index (κ3) is 24.8. The molecule has 6 aromatic carbocycles. The highest BCUT2D eigenvalue weighted by molar-refractivity contribution is 8.04. The number of anilines is 1. The van der Waals surface area contributed by atoms with Gasteiger partial charge in [0, 0.05) is 5.38 Å². The molecule has 0 aliphatic carbocycles. The van der Waals surface area contributed by atoms with Gasteiger partial charge in [-0.15, -0.1) is 69.0 Å². The Kier molecular flexibility index (Phi) is 34.4. The molecule has 41 nitrogen and oxygen atoms in total. The number of carboxylic acids is 6. The summed E-state index contributed by atoms with van der Waals surface area (Å²) >= 11 is 14.5. The van der Waals surface area contributed by atoms with E-state index in [0.29, 0.717) is 76.5 Å². The second kappa shape index (κ2) is 45.6. The first kappa shape index (κ1) is 103. The summed E-state index contributed by atoms with van der Waals surface area (Å²) in [5.41, 5.74) is 10.0. The van der Waals surface area contributed by atoms with Crippen molar-refractivity contribution in [3.05, 3.63) is 195 Å². The molecule has 12 heterocycles. The predicted molar refractivity (Wildman–Crippen MR) is 506 cm³/mol. The minimum Gasteiger partial charge on any atom is -0.535 e. The Bertz CT molecular complexity index is 6320. The number of aryl methyl sites for hydroxylation is 5. The van der Waals surface area contributed by atoms with E-state index in [1.807, 2.05) is 31.2 Å². The number of benzene rings is 6. The summed E-state index contributed by atoms with van der Waals surface area (Å²) in [4.78, 5) is 83.1. The quantitative estimate of drug-likeness (QED) is 0.0171. The van der Waals surface area contributed by atoms with E-state index in [1.54, 1.807) is 92.8 Å². The van der Waals surface area contributed by atoms with Crippen molar-refractivity contribution in [1.29, 1.82) is 0 Å². The predicted octanol–water partition coefficient (Wildman–Crippen LogP) is 9.32. The lowest BCUT2D eigenvalue weighted by Crippen LogP contribution is -2.41. The van der Waals surface area contributed by atoms with Gasteiger partial charge in [-0.3, -0.25) is 4.79 Å². The van der Waals surface area contributed by atoms with Gasteiger partial charge in [-0.1, -0.05) is 158 Å². The number of carboxylic acid groups (broad SMARTS) is 6. The minimum atomic E-state index is -4.78. The number of alkyl halides is 3. The van der Waals surface area contributed by atoms with Crippen molar-refractivity contribution in [3.8, 4) is 46.0 Å². The van der Waals surface area contributed by atoms with E-state index in [1.165, 1.54) is 136 Å². The SMILES string of the molecule is COc1ccc2c(c1C(=O)O)OB(O)[C@@H](Sc1cnns1)C2.COc1ccc2c(c1C(=O)O)OB(O)[C@@H](Sc1nnc(C(F)(F)F)n1N)C2.Cc1ccc2c(c1C(=O)O)OB(O)[C@@H](Sc1nc(NC=O)cs1)C2.Cc1ccc2c(c1C(=O)O)OB(O)[C@@H](Sc1nncs1)C2.Cc1ccc2c(c1C(=O)O)OB(O)[C@@H](Sc1nncs1)C2.Cc1nnc(S[C@H]2Cc3ccc(C)c(C(=O)O)c3OB2O)s1.